The summed E-state index contributed by atoms with van der Waals surface area (Å²) in [6, 6.07) is 9.12. The first-order valence-electron chi connectivity index (χ1n) is 5.78. The summed E-state index contributed by atoms with van der Waals surface area (Å²) in [5.74, 6) is 0.354. The average molecular weight is 219 g/mol. The molecule has 2 rings (SSSR count). The van der Waals surface area contributed by atoms with Gasteiger partial charge in [-0.3, -0.25) is 0 Å². The molecule has 0 spiro atoms. The van der Waals surface area contributed by atoms with Crippen LogP contribution in [0.3, 0.4) is 0 Å². The summed E-state index contributed by atoms with van der Waals surface area (Å²) in [5.41, 5.74) is 0.612. The molecule has 1 aromatic rings. The van der Waals surface area contributed by atoms with E-state index in [1.54, 1.807) is 17.2 Å². The van der Waals surface area contributed by atoms with Gasteiger partial charge in [0.25, 0.3) is 0 Å². The molecule has 3 nitrogen and oxygen atoms in total. The minimum absolute atomic E-state index is 0.255. The Balaban J connectivity index is 1.92. The third-order valence-electron chi connectivity index (χ3n) is 2.84. The maximum atomic E-state index is 11.8. The lowest BCUT2D eigenvalue weighted by Gasteiger charge is -2.28. The van der Waals surface area contributed by atoms with E-state index < -0.39 is 0 Å². The second-order valence-corrected chi connectivity index (χ2v) is 4.38. The smallest absolute Gasteiger partial charge is 0.357 e. The largest absolute Gasteiger partial charge is 0.364 e. The molecule has 1 saturated heterocycles. The highest BCUT2D eigenvalue weighted by atomic mass is 16.7. The van der Waals surface area contributed by atoms with Crippen molar-refractivity contribution < 1.29 is 9.63 Å². The zero-order valence-corrected chi connectivity index (χ0v) is 9.56. The third-order valence-corrected chi connectivity index (χ3v) is 2.84. The molecule has 0 aromatic heterocycles. The standard InChI is InChI=1S/C13H17NO2/c1-11-6-5-9-14(10-11)16-13(15)12-7-3-2-4-8-12/h2-4,7-8,11H,5-6,9-10H2,1H3/t11-/m1/s1. The third kappa shape index (κ3) is 2.83. The predicted octanol–water partition coefficient (Wildman–Crippen LogP) is 2.49. The fraction of sp³-hybridized carbons (Fsp3) is 0.462. The number of rotatable bonds is 2. The van der Waals surface area contributed by atoms with Crippen molar-refractivity contribution in [1.29, 1.82) is 0 Å². The van der Waals surface area contributed by atoms with E-state index in [2.05, 4.69) is 6.92 Å². The second kappa shape index (κ2) is 5.12. The summed E-state index contributed by atoms with van der Waals surface area (Å²) < 4.78 is 0. The van der Waals surface area contributed by atoms with Crippen LogP contribution in [0.4, 0.5) is 0 Å². The van der Waals surface area contributed by atoms with E-state index in [1.807, 2.05) is 18.2 Å². The van der Waals surface area contributed by atoms with Crippen molar-refractivity contribution in [2.75, 3.05) is 13.1 Å². The molecule has 86 valence electrons. The highest BCUT2D eigenvalue weighted by Crippen LogP contribution is 2.16. The van der Waals surface area contributed by atoms with Gasteiger partial charge in [0.2, 0.25) is 0 Å². The van der Waals surface area contributed by atoms with Gasteiger partial charge in [0.1, 0.15) is 0 Å². The van der Waals surface area contributed by atoms with Crippen LogP contribution in [0.2, 0.25) is 0 Å². The fourth-order valence-corrected chi connectivity index (χ4v) is 1.97. The maximum Gasteiger partial charge on any atom is 0.357 e. The number of benzene rings is 1. The molecule has 0 bridgehead atoms. The molecule has 1 atom stereocenters. The van der Waals surface area contributed by atoms with Crippen molar-refractivity contribution in [2.45, 2.75) is 19.8 Å². The molecule has 1 aliphatic rings. The van der Waals surface area contributed by atoms with Crippen molar-refractivity contribution in [3.63, 3.8) is 0 Å². The van der Waals surface area contributed by atoms with Gasteiger partial charge in [-0.2, -0.15) is 0 Å². The van der Waals surface area contributed by atoms with Crippen LogP contribution in [-0.2, 0) is 4.84 Å². The van der Waals surface area contributed by atoms with E-state index >= 15 is 0 Å². The monoisotopic (exact) mass is 219 g/mol. The molecular formula is C13H17NO2. The number of carbonyl (C=O) groups excluding carboxylic acids is 1. The molecule has 0 aliphatic carbocycles. The number of hydrogen-bond acceptors (Lipinski definition) is 3. The van der Waals surface area contributed by atoms with Gasteiger partial charge < -0.3 is 4.84 Å². The lowest BCUT2D eigenvalue weighted by atomic mass is 10.0. The first-order valence-corrected chi connectivity index (χ1v) is 5.78. The van der Waals surface area contributed by atoms with Gasteiger partial charge in [-0.05, 0) is 30.9 Å². The molecule has 0 N–H and O–H groups in total. The van der Waals surface area contributed by atoms with Crippen LogP contribution in [0, 0.1) is 5.92 Å². The fourth-order valence-electron chi connectivity index (χ4n) is 1.97. The molecule has 16 heavy (non-hydrogen) atoms. The lowest BCUT2D eigenvalue weighted by Crippen LogP contribution is -2.36. The van der Waals surface area contributed by atoms with E-state index in [1.165, 1.54) is 6.42 Å². The van der Waals surface area contributed by atoms with Crippen LogP contribution in [0.25, 0.3) is 0 Å². The van der Waals surface area contributed by atoms with Crippen LogP contribution in [0.5, 0.6) is 0 Å². The van der Waals surface area contributed by atoms with Crippen LogP contribution in [-0.4, -0.2) is 24.1 Å². The Morgan fingerprint density at radius 2 is 2.12 bits per heavy atom. The molecular weight excluding hydrogens is 202 g/mol. The van der Waals surface area contributed by atoms with Gasteiger partial charge in [-0.15, -0.1) is 5.06 Å². The number of carbonyl (C=O) groups is 1. The zero-order valence-electron chi connectivity index (χ0n) is 9.56. The average Bonchev–Trinajstić information content (AvgIpc) is 2.30. The van der Waals surface area contributed by atoms with Gasteiger partial charge >= 0.3 is 5.97 Å². The van der Waals surface area contributed by atoms with Crippen molar-refractivity contribution in [2.24, 2.45) is 5.92 Å². The summed E-state index contributed by atoms with van der Waals surface area (Å²) in [6.07, 6.45) is 2.32. The summed E-state index contributed by atoms with van der Waals surface area (Å²) in [5, 5.41) is 1.78. The Kier molecular flexibility index (Phi) is 3.57. The summed E-state index contributed by atoms with van der Waals surface area (Å²) >= 11 is 0. The molecule has 3 heteroatoms. The number of nitrogens with zero attached hydrogens (tertiary/aromatic N) is 1. The van der Waals surface area contributed by atoms with Crippen LogP contribution in [0.1, 0.15) is 30.1 Å². The minimum Gasteiger partial charge on any atom is -0.364 e. The van der Waals surface area contributed by atoms with Crippen molar-refractivity contribution in [3.05, 3.63) is 35.9 Å². The Bertz CT molecular complexity index is 350. The minimum atomic E-state index is -0.255. The maximum absolute atomic E-state index is 11.8. The van der Waals surface area contributed by atoms with Gasteiger partial charge in [0.15, 0.2) is 0 Å². The first-order chi connectivity index (χ1) is 7.75. The second-order valence-electron chi connectivity index (χ2n) is 4.38. The topological polar surface area (TPSA) is 29.5 Å². The molecule has 1 fully saturated rings. The van der Waals surface area contributed by atoms with Crippen molar-refractivity contribution in [1.82, 2.24) is 5.06 Å². The molecule has 0 unspecified atom stereocenters. The van der Waals surface area contributed by atoms with Gasteiger partial charge in [0, 0.05) is 13.1 Å². The van der Waals surface area contributed by atoms with E-state index in [9.17, 15) is 4.79 Å². The van der Waals surface area contributed by atoms with E-state index in [0.29, 0.717) is 11.5 Å². The van der Waals surface area contributed by atoms with Gasteiger partial charge in [-0.1, -0.05) is 25.1 Å². The highest BCUT2D eigenvalue weighted by Gasteiger charge is 2.20. The molecule has 0 radical (unpaired) electrons. The Labute approximate surface area is 96.0 Å². The molecule has 1 heterocycles. The zero-order chi connectivity index (χ0) is 11.4. The SMILES string of the molecule is C[C@@H]1CCCN(OC(=O)c2ccccc2)C1. The molecule has 1 aromatic carbocycles. The van der Waals surface area contributed by atoms with Gasteiger partial charge in [0.05, 0.1) is 5.56 Å². The Hall–Kier alpha value is -1.35. The number of hydroxylamine groups is 2. The summed E-state index contributed by atoms with van der Waals surface area (Å²) in [6.45, 7) is 3.88. The number of hydrogen-bond donors (Lipinski definition) is 0. The van der Waals surface area contributed by atoms with Gasteiger partial charge in [-0.25, -0.2) is 4.79 Å². The Morgan fingerprint density at radius 1 is 1.38 bits per heavy atom. The Morgan fingerprint density at radius 3 is 2.81 bits per heavy atom. The van der Waals surface area contributed by atoms with E-state index in [-0.39, 0.29) is 5.97 Å². The van der Waals surface area contributed by atoms with E-state index in [4.69, 9.17) is 4.84 Å². The number of piperidine rings is 1. The molecule has 0 saturated carbocycles. The molecule has 0 amide bonds. The van der Waals surface area contributed by atoms with E-state index in [0.717, 1.165) is 19.5 Å². The van der Waals surface area contributed by atoms with Crippen LogP contribution < -0.4 is 0 Å². The van der Waals surface area contributed by atoms with Crippen LogP contribution in [0.15, 0.2) is 30.3 Å². The molecule has 1 aliphatic heterocycles. The normalized spacial score (nSPS) is 21.7. The highest BCUT2D eigenvalue weighted by molar-refractivity contribution is 5.89. The summed E-state index contributed by atoms with van der Waals surface area (Å²) in [7, 11) is 0. The van der Waals surface area contributed by atoms with Crippen molar-refractivity contribution in [3.8, 4) is 0 Å². The van der Waals surface area contributed by atoms with Crippen molar-refractivity contribution >= 4 is 5.97 Å². The van der Waals surface area contributed by atoms with Crippen LogP contribution >= 0.6 is 0 Å². The lowest BCUT2D eigenvalue weighted by molar-refractivity contribution is -0.128. The summed E-state index contributed by atoms with van der Waals surface area (Å²) in [4.78, 5) is 17.1. The predicted molar refractivity (Wildman–Crippen MR) is 61.8 cm³/mol. The quantitative estimate of drug-likeness (QED) is 0.765. The first kappa shape index (κ1) is 11.1.